The summed E-state index contributed by atoms with van der Waals surface area (Å²) in [7, 11) is 0. The van der Waals surface area contributed by atoms with Crippen LogP contribution in [0.25, 0.3) is 11.0 Å². The van der Waals surface area contributed by atoms with Crippen LogP contribution in [-0.2, 0) is 0 Å². The summed E-state index contributed by atoms with van der Waals surface area (Å²) >= 11 is 1.33. The van der Waals surface area contributed by atoms with Gasteiger partial charge in [0.25, 0.3) is 0 Å². The van der Waals surface area contributed by atoms with Crippen LogP contribution in [0, 0.1) is 6.92 Å². The number of carbonyl (C=O) groups excluding carboxylic acids is 1. The third kappa shape index (κ3) is 4.17. The number of fused-ring (bicyclic) bond motifs is 1. The van der Waals surface area contributed by atoms with E-state index < -0.39 is 6.61 Å². The second-order valence-corrected chi connectivity index (χ2v) is 6.92. The van der Waals surface area contributed by atoms with Crippen molar-refractivity contribution >= 4 is 28.6 Å². The third-order valence-corrected chi connectivity index (χ3v) is 4.62. The van der Waals surface area contributed by atoms with Crippen molar-refractivity contribution in [3.8, 4) is 5.75 Å². The summed E-state index contributed by atoms with van der Waals surface area (Å²) in [5, 5.41) is 0.294. The topological polar surface area (TPSA) is 55.0 Å². The van der Waals surface area contributed by atoms with Crippen LogP contribution in [0.4, 0.5) is 8.78 Å². The molecule has 0 saturated heterocycles. The van der Waals surface area contributed by atoms with Crippen LogP contribution in [0.2, 0.25) is 0 Å². The molecule has 25 heavy (non-hydrogen) atoms. The Hall–Kier alpha value is -2.41. The van der Waals surface area contributed by atoms with E-state index in [1.165, 1.54) is 36.0 Å². The molecule has 1 unspecified atom stereocenters. The number of hydrogen-bond acceptors (Lipinski definition) is 4. The van der Waals surface area contributed by atoms with Crippen LogP contribution >= 0.6 is 11.8 Å². The van der Waals surface area contributed by atoms with Gasteiger partial charge in [-0.05, 0) is 55.8 Å². The number of aromatic amines is 1. The minimum atomic E-state index is -2.88. The highest BCUT2D eigenvalue weighted by Crippen LogP contribution is 2.26. The van der Waals surface area contributed by atoms with E-state index in [2.05, 4.69) is 14.7 Å². The summed E-state index contributed by atoms with van der Waals surface area (Å²) in [6, 6.07) is 11.6. The molecule has 1 atom stereocenters. The fourth-order valence-corrected chi connectivity index (χ4v) is 3.31. The predicted octanol–water partition coefficient (Wildman–Crippen LogP) is 4.84. The SMILES string of the molecule is Cc1ccc2nc(SC(C)C(=O)c3ccc(OC(F)F)cc3)[nH]c2c1. The number of nitrogens with one attached hydrogen (secondary N) is 1. The highest BCUT2D eigenvalue weighted by molar-refractivity contribution is 8.00. The van der Waals surface area contributed by atoms with Gasteiger partial charge >= 0.3 is 6.61 Å². The number of nitrogens with zero attached hydrogens (tertiary/aromatic N) is 1. The van der Waals surface area contributed by atoms with E-state index in [0.717, 1.165) is 16.6 Å². The number of alkyl halides is 2. The number of halogens is 2. The fraction of sp³-hybridized carbons (Fsp3) is 0.222. The van der Waals surface area contributed by atoms with Crippen LogP contribution in [0.1, 0.15) is 22.8 Å². The third-order valence-electron chi connectivity index (χ3n) is 3.64. The molecule has 0 radical (unpaired) electrons. The van der Waals surface area contributed by atoms with E-state index in [1.807, 2.05) is 25.1 Å². The zero-order valence-corrected chi connectivity index (χ0v) is 14.4. The molecule has 1 aromatic heterocycles. The number of rotatable bonds is 6. The summed E-state index contributed by atoms with van der Waals surface area (Å²) in [4.78, 5) is 20.2. The number of thioether (sulfide) groups is 1. The molecule has 0 saturated carbocycles. The Morgan fingerprint density at radius 1 is 1.20 bits per heavy atom. The second kappa shape index (κ2) is 7.23. The molecular weight excluding hydrogens is 346 g/mol. The molecule has 0 amide bonds. The summed E-state index contributed by atoms with van der Waals surface area (Å²) in [6.45, 7) is 0.906. The van der Waals surface area contributed by atoms with Crippen molar-refractivity contribution in [2.45, 2.75) is 30.9 Å². The molecule has 1 N–H and O–H groups in total. The van der Waals surface area contributed by atoms with Gasteiger partial charge in [0.05, 0.1) is 16.3 Å². The van der Waals surface area contributed by atoms with E-state index in [9.17, 15) is 13.6 Å². The summed E-state index contributed by atoms with van der Waals surface area (Å²) < 4.78 is 28.6. The van der Waals surface area contributed by atoms with Crippen molar-refractivity contribution in [1.82, 2.24) is 9.97 Å². The first-order valence-corrected chi connectivity index (χ1v) is 8.52. The lowest BCUT2D eigenvalue weighted by atomic mass is 10.1. The van der Waals surface area contributed by atoms with E-state index in [4.69, 9.17) is 0 Å². The molecule has 1 heterocycles. The van der Waals surface area contributed by atoms with Crippen molar-refractivity contribution in [2.24, 2.45) is 0 Å². The lowest BCUT2D eigenvalue weighted by Gasteiger charge is -2.09. The zero-order valence-electron chi connectivity index (χ0n) is 13.6. The van der Waals surface area contributed by atoms with Crippen LogP contribution in [0.5, 0.6) is 5.75 Å². The first-order valence-electron chi connectivity index (χ1n) is 7.64. The molecule has 0 aliphatic rings. The molecule has 0 fully saturated rings. The minimum absolute atomic E-state index is 0.0273. The molecule has 0 aliphatic heterocycles. The number of H-pyrrole nitrogens is 1. The highest BCUT2D eigenvalue weighted by Gasteiger charge is 2.18. The molecule has 0 aliphatic carbocycles. The van der Waals surface area contributed by atoms with Crippen LogP contribution in [0.3, 0.4) is 0 Å². The average molecular weight is 362 g/mol. The number of carbonyl (C=O) groups is 1. The fourth-order valence-electron chi connectivity index (χ4n) is 2.41. The number of benzene rings is 2. The van der Waals surface area contributed by atoms with Crippen molar-refractivity contribution in [2.75, 3.05) is 0 Å². The van der Waals surface area contributed by atoms with Crippen molar-refractivity contribution in [3.05, 3.63) is 53.6 Å². The molecular formula is C18H16F2N2O2S. The summed E-state index contributed by atoms with van der Waals surface area (Å²) in [5.41, 5.74) is 3.34. The summed E-state index contributed by atoms with van der Waals surface area (Å²) in [5.74, 6) is -0.0789. The number of Topliss-reactive ketones (excluding diaryl/α,β-unsaturated/α-hetero) is 1. The lowest BCUT2D eigenvalue weighted by Crippen LogP contribution is -2.13. The largest absolute Gasteiger partial charge is 0.435 e. The van der Waals surface area contributed by atoms with E-state index >= 15 is 0 Å². The maximum absolute atomic E-state index is 12.5. The van der Waals surface area contributed by atoms with E-state index in [0.29, 0.717) is 10.7 Å². The Morgan fingerprint density at radius 2 is 1.92 bits per heavy atom. The van der Waals surface area contributed by atoms with Gasteiger partial charge in [0, 0.05) is 5.56 Å². The van der Waals surface area contributed by atoms with Crippen molar-refractivity contribution < 1.29 is 18.3 Å². The van der Waals surface area contributed by atoms with E-state index in [1.54, 1.807) is 6.92 Å². The number of aromatic nitrogens is 2. The summed E-state index contributed by atoms with van der Waals surface area (Å²) in [6.07, 6.45) is 0. The molecule has 130 valence electrons. The first-order chi connectivity index (χ1) is 11.9. The van der Waals surface area contributed by atoms with Gasteiger partial charge in [-0.2, -0.15) is 8.78 Å². The molecule has 3 aromatic rings. The number of ether oxygens (including phenoxy) is 1. The van der Waals surface area contributed by atoms with Gasteiger partial charge < -0.3 is 9.72 Å². The maximum Gasteiger partial charge on any atom is 0.387 e. The van der Waals surface area contributed by atoms with Crippen LogP contribution in [-0.4, -0.2) is 27.6 Å². The van der Waals surface area contributed by atoms with Gasteiger partial charge in [-0.3, -0.25) is 4.79 Å². The number of aryl methyl sites for hydroxylation is 1. The standard InChI is InChI=1S/C18H16F2N2O2S/c1-10-3-8-14-15(9-10)22-18(21-14)25-11(2)16(23)12-4-6-13(7-5-12)24-17(19)20/h3-9,11,17H,1-2H3,(H,21,22). The molecule has 3 rings (SSSR count). The molecule has 4 nitrogen and oxygen atoms in total. The minimum Gasteiger partial charge on any atom is -0.435 e. The Kier molecular flexibility index (Phi) is 5.03. The average Bonchev–Trinajstić information content (AvgIpc) is 2.95. The second-order valence-electron chi connectivity index (χ2n) is 5.59. The van der Waals surface area contributed by atoms with E-state index in [-0.39, 0.29) is 16.8 Å². The zero-order chi connectivity index (χ0) is 18.0. The maximum atomic E-state index is 12.5. The quantitative estimate of drug-likeness (QED) is 0.504. The number of hydrogen-bond donors (Lipinski definition) is 1. The van der Waals surface area contributed by atoms with Gasteiger partial charge in [0.2, 0.25) is 0 Å². The van der Waals surface area contributed by atoms with Gasteiger partial charge in [-0.15, -0.1) is 0 Å². The Labute approximate surface area is 147 Å². The number of ketones is 1. The Balaban J connectivity index is 1.70. The number of imidazole rings is 1. The lowest BCUT2D eigenvalue weighted by molar-refractivity contribution is -0.0498. The Morgan fingerprint density at radius 3 is 2.60 bits per heavy atom. The van der Waals surface area contributed by atoms with Crippen LogP contribution in [0.15, 0.2) is 47.6 Å². The van der Waals surface area contributed by atoms with Gasteiger partial charge in [0.1, 0.15) is 5.75 Å². The van der Waals surface area contributed by atoms with Gasteiger partial charge in [-0.25, -0.2) is 4.98 Å². The molecule has 7 heteroatoms. The van der Waals surface area contributed by atoms with Crippen molar-refractivity contribution in [3.63, 3.8) is 0 Å². The smallest absolute Gasteiger partial charge is 0.387 e. The monoisotopic (exact) mass is 362 g/mol. The van der Waals surface area contributed by atoms with Crippen LogP contribution < -0.4 is 4.74 Å². The molecule has 2 aromatic carbocycles. The molecule has 0 spiro atoms. The predicted molar refractivity (Wildman–Crippen MR) is 93.6 cm³/mol. The highest BCUT2D eigenvalue weighted by atomic mass is 32.2. The van der Waals surface area contributed by atoms with Gasteiger partial charge in [0.15, 0.2) is 10.9 Å². The van der Waals surface area contributed by atoms with Crippen molar-refractivity contribution in [1.29, 1.82) is 0 Å². The Bertz CT molecular complexity index is 894. The normalized spacial score (nSPS) is 12.5. The first kappa shape index (κ1) is 17.4. The van der Waals surface area contributed by atoms with Gasteiger partial charge in [-0.1, -0.05) is 17.8 Å². The molecule has 0 bridgehead atoms.